The summed E-state index contributed by atoms with van der Waals surface area (Å²) in [6, 6.07) is 11.1. The van der Waals surface area contributed by atoms with E-state index in [2.05, 4.69) is 4.99 Å². The van der Waals surface area contributed by atoms with Crippen molar-refractivity contribution in [3.8, 4) is 28.4 Å². The van der Waals surface area contributed by atoms with E-state index in [1.807, 2.05) is 0 Å². The molecule has 0 unspecified atom stereocenters. The van der Waals surface area contributed by atoms with Crippen LogP contribution >= 0.6 is 11.3 Å². The van der Waals surface area contributed by atoms with Crippen molar-refractivity contribution in [3.05, 3.63) is 106 Å². The van der Waals surface area contributed by atoms with Crippen molar-refractivity contribution >= 4 is 53.1 Å². The first kappa shape index (κ1) is 30.4. The van der Waals surface area contributed by atoms with Crippen LogP contribution in [0.2, 0.25) is 0 Å². The van der Waals surface area contributed by atoms with Gasteiger partial charge in [0.05, 0.1) is 14.8 Å². The number of nitrogens with zero attached hydrogens (tertiary/aromatic N) is 2. The third kappa shape index (κ3) is 4.56. The smallest absolute Gasteiger partial charge is 0.299 e. The maximum atomic E-state index is 14.4. The van der Waals surface area contributed by atoms with Crippen LogP contribution < -0.4 is 10.7 Å². The average Bonchev–Trinajstić information content (AvgIpc) is 3.58. The Morgan fingerprint density at radius 3 is 1.45 bits per heavy atom. The number of hydrogen-bond donors (Lipinski definition) is 1. The molecule has 14 heteroatoms. The van der Waals surface area contributed by atoms with Gasteiger partial charge in [-0.15, -0.1) is 11.3 Å². The number of hydrogen-bond acceptors (Lipinski definition) is 4. The zero-order valence-electron chi connectivity index (χ0n) is 22.9. The second-order valence-corrected chi connectivity index (χ2v) is 11.6. The van der Waals surface area contributed by atoms with E-state index in [0.29, 0.717) is 66.0 Å². The number of halogens is 10. The van der Waals surface area contributed by atoms with E-state index in [1.165, 1.54) is 24.3 Å². The lowest BCUT2D eigenvalue weighted by atomic mass is 9.99. The van der Waals surface area contributed by atoms with Crippen LogP contribution in [0.3, 0.4) is 0 Å². The molecule has 0 aliphatic carbocycles. The van der Waals surface area contributed by atoms with Gasteiger partial charge in [-0.3, -0.25) is 5.41 Å². The molecule has 0 radical (unpaired) electrons. The van der Waals surface area contributed by atoms with Gasteiger partial charge in [0, 0.05) is 21.5 Å². The second kappa shape index (κ2) is 10.1. The quantitative estimate of drug-likeness (QED) is 0.144. The third-order valence-electron chi connectivity index (χ3n) is 7.93. The van der Waals surface area contributed by atoms with Crippen molar-refractivity contribution in [3.63, 3.8) is 0 Å². The minimum Gasteiger partial charge on any atom is -0.299 e. The van der Waals surface area contributed by atoms with Crippen LogP contribution in [-0.4, -0.2) is 0 Å². The lowest BCUT2D eigenvalue weighted by molar-refractivity contribution is -0.143. The van der Waals surface area contributed by atoms with Gasteiger partial charge in [-0.2, -0.15) is 36.6 Å². The number of rotatable bonds is 2. The van der Waals surface area contributed by atoms with Crippen LogP contribution in [-0.2, 0) is 12.4 Å². The van der Waals surface area contributed by atoms with E-state index < -0.39 is 46.7 Å². The van der Waals surface area contributed by atoms with Crippen LogP contribution in [0.4, 0.5) is 43.9 Å². The number of thiophene rings is 1. The summed E-state index contributed by atoms with van der Waals surface area (Å²) in [6.45, 7) is 0. The van der Waals surface area contributed by atoms with Gasteiger partial charge >= 0.3 is 12.4 Å². The Balaban J connectivity index is 1.44. The number of nitriles is 1. The standard InChI is InChI=1S/C33H11F10N3S/c34-20-7-14(8-21(35)26(20)32(38,39)40)12-1-3-16-18(5-12)28(45)30-24(16)25-17-4-2-13(6-19(17)29(46-11-44)31(25)47-30)15-9-22(36)27(23(37)10-15)33(41,42)43/h1-10,45H. The Kier molecular flexibility index (Phi) is 6.53. The highest BCUT2D eigenvalue weighted by Crippen LogP contribution is 2.43. The highest BCUT2D eigenvalue weighted by atomic mass is 32.1. The Bertz CT molecular complexity index is 2590. The summed E-state index contributed by atoms with van der Waals surface area (Å²) in [5.41, 5.74) is -4.12. The molecular weight excluding hydrogens is 660 g/mol. The molecule has 3 nitrogen and oxygen atoms in total. The van der Waals surface area contributed by atoms with Crippen LogP contribution in [0.5, 0.6) is 0 Å². The van der Waals surface area contributed by atoms with Crippen LogP contribution in [0.25, 0.3) is 64.0 Å². The van der Waals surface area contributed by atoms with Crippen molar-refractivity contribution in [2.45, 2.75) is 12.4 Å². The summed E-state index contributed by atoms with van der Waals surface area (Å²) in [4.78, 5) is 3.93. The number of benzene rings is 4. The van der Waals surface area contributed by atoms with Gasteiger partial charge in [-0.1, -0.05) is 24.3 Å². The van der Waals surface area contributed by atoms with E-state index in [9.17, 15) is 49.2 Å². The molecule has 0 saturated carbocycles. The van der Waals surface area contributed by atoms with E-state index in [0.717, 1.165) is 11.3 Å². The molecule has 0 fully saturated rings. The molecule has 47 heavy (non-hydrogen) atoms. The predicted octanol–water partition coefficient (Wildman–Crippen LogP) is 10.0. The number of nitrogens with one attached hydrogen (secondary N) is 1. The summed E-state index contributed by atoms with van der Waals surface area (Å²) >= 11 is 1.11. The maximum Gasteiger partial charge on any atom is 0.422 e. The van der Waals surface area contributed by atoms with Gasteiger partial charge in [0.15, 0.2) is 0 Å². The molecule has 0 atom stereocenters. The molecule has 0 amide bonds. The molecule has 0 aliphatic heterocycles. The molecule has 7 rings (SSSR count). The van der Waals surface area contributed by atoms with Crippen molar-refractivity contribution in [2.75, 3.05) is 0 Å². The van der Waals surface area contributed by atoms with E-state index in [-0.39, 0.29) is 33.0 Å². The molecule has 1 heterocycles. The first-order valence-corrected chi connectivity index (χ1v) is 14.1. The zero-order valence-corrected chi connectivity index (χ0v) is 23.7. The molecule has 1 aromatic heterocycles. The summed E-state index contributed by atoms with van der Waals surface area (Å²) in [7, 11) is 0. The van der Waals surface area contributed by atoms with Crippen LogP contribution in [0, 0.1) is 40.1 Å². The highest BCUT2D eigenvalue weighted by molar-refractivity contribution is 7.26. The van der Waals surface area contributed by atoms with Gasteiger partial charge in [0.1, 0.15) is 39.8 Å². The minimum atomic E-state index is -5.25. The average molecular weight is 672 g/mol. The molecule has 1 N–H and O–H groups in total. The van der Waals surface area contributed by atoms with Crippen molar-refractivity contribution in [1.29, 1.82) is 10.7 Å². The van der Waals surface area contributed by atoms with Gasteiger partial charge in [-0.25, -0.2) is 17.6 Å². The first-order valence-electron chi connectivity index (χ1n) is 13.3. The molecule has 234 valence electrons. The third-order valence-corrected chi connectivity index (χ3v) is 9.15. The van der Waals surface area contributed by atoms with Crippen molar-refractivity contribution < 1.29 is 43.9 Å². The normalized spacial score (nSPS) is 13.1. The fraction of sp³-hybridized carbons (Fsp3) is 0.0606. The molecule has 7 aromatic rings. The van der Waals surface area contributed by atoms with Crippen molar-refractivity contribution in [2.24, 2.45) is 4.99 Å². The molecular formula is C33H11F10N3S. The van der Waals surface area contributed by atoms with E-state index >= 15 is 0 Å². The van der Waals surface area contributed by atoms with Crippen molar-refractivity contribution in [1.82, 2.24) is 0 Å². The van der Waals surface area contributed by atoms with Gasteiger partial charge in [0.2, 0.25) is 6.19 Å². The Hall–Kier alpha value is -5.29. The van der Waals surface area contributed by atoms with E-state index in [1.54, 1.807) is 18.3 Å². The maximum absolute atomic E-state index is 14.4. The van der Waals surface area contributed by atoms with Gasteiger partial charge in [0.25, 0.3) is 0 Å². The molecule has 0 bridgehead atoms. The molecule has 0 aliphatic rings. The van der Waals surface area contributed by atoms with Crippen LogP contribution in [0.1, 0.15) is 11.1 Å². The minimum absolute atomic E-state index is 0.00860. The fourth-order valence-electron chi connectivity index (χ4n) is 6.00. The predicted molar refractivity (Wildman–Crippen MR) is 154 cm³/mol. The van der Waals surface area contributed by atoms with Gasteiger partial charge in [-0.05, 0) is 69.4 Å². The second-order valence-electron chi connectivity index (χ2n) is 10.6. The van der Waals surface area contributed by atoms with Gasteiger partial charge < -0.3 is 0 Å². The number of alkyl halides is 6. The number of fused-ring (bicyclic) bond motifs is 7. The van der Waals surface area contributed by atoms with Crippen LogP contribution in [0.15, 0.2) is 65.7 Å². The Morgan fingerprint density at radius 2 is 1.00 bits per heavy atom. The SMILES string of the molecule is N#CN=c1c2cc(-c3cc(F)c(C(F)(F)F)c(F)c3)ccc2c2c1sc1c(=N)c3cc(-c4cc(F)c(C(F)(F)F)c(F)c4)ccc3c12. The Labute approximate surface area is 259 Å². The monoisotopic (exact) mass is 671 g/mol. The molecule has 6 aromatic carbocycles. The summed E-state index contributed by atoms with van der Waals surface area (Å²) in [5, 5.41) is 21.3. The Morgan fingerprint density at radius 1 is 0.574 bits per heavy atom. The fourth-order valence-corrected chi connectivity index (χ4v) is 7.30. The summed E-state index contributed by atoms with van der Waals surface area (Å²) in [5.74, 6) is -7.18. The lowest BCUT2D eigenvalue weighted by Gasteiger charge is -2.11. The summed E-state index contributed by atoms with van der Waals surface area (Å²) < 4.78 is 137. The highest BCUT2D eigenvalue weighted by Gasteiger charge is 2.39. The summed E-state index contributed by atoms with van der Waals surface area (Å²) in [6.07, 6.45) is -8.79. The van der Waals surface area contributed by atoms with E-state index in [4.69, 9.17) is 5.41 Å². The molecule has 0 saturated heterocycles. The molecule has 0 spiro atoms. The zero-order chi connectivity index (χ0) is 33.7. The largest absolute Gasteiger partial charge is 0.422 e. The first-order chi connectivity index (χ1) is 22.1. The topological polar surface area (TPSA) is 60.0 Å². The lowest BCUT2D eigenvalue weighted by Crippen LogP contribution is -2.11.